The molecule has 0 spiro atoms. The summed E-state index contributed by atoms with van der Waals surface area (Å²) in [5.41, 5.74) is 2.82. The Hall–Kier alpha value is -0.813. The zero-order valence-corrected chi connectivity index (χ0v) is 21.1. The third-order valence-electron chi connectivity index (χ3n) is 6.60. The highest BCUT2D eigenvalue weighted by molar-refractivity contribution is 9.10. The number of Topliss-reactive ketones (excluding diaryl/α,β-unsaturated/α-hetero) is 1. The average molecular weight is 468 g/mol. The van der Waals surface area contributed by atoms with Crippen LogP contribution >= 0.6 is 15.9 Å². The molecule has 0 bridgehead atoms. The standard InChI is InChI=1S/C23H35BrO3Si/c1-13(2)28(14(3)4,15(5)6)27-20-12-19-18(11-17(20)16-9-10-16)21(25)22(24)23(7,8)26-19/h11-16,22H,9-10H2,1-8H3. The molecule has 0 N–H and O–H groups in total. The predicted octanol–water partition coefficient (Wildman–Crippen LogP) is 7.24. The monoisotopic (exact) mass is 466 g/mol. The number of rotatable bonds is 6. The van der Waals surface area contributed by atoms with E-state index >= 15 is 0 Å². The molecule has 5 heteroatoms. The minimum atomic E-state index is -2.08. The first-order valence-electron chi connectivity index (χ1n) is 10.7. The van der Waals surface area contributed by atoms with Gasteiger partial charge >= 0.3 is 0 Å². The van der Waals surface area contributed by atoms with Crippen molar-refractivity contribution in [1.82, 2.24) is 0 Å². The van der Waals surface area contributed by atoms with E-state index in [1.807, 2.05) is 19.9 Å². The van der Waals surface area contributed by atoms with Crippen LogP contribution in [0.4, 0.5) is 0 Å². The molecule has 0 saturated heterocycles. The number of ketones is 1. The van der Waals surface area contributed by atoms with E-state index in [1.165, 1.54) is 18.4 Å². The summed E-state index contributed by atoms with van der Waals surface area (Å²) in [5.74, 6) is 2.25. The molecule has 3 nitrogen and oxygen atoms in total. The molecule has 28 heavy (non-hydrogen) atoms. The second kappa shape index (κ2) is 7.46. The molecular formula is C23H35BrO3Si. The average Bonchev–Trinajstić information content (AvgIpc) is 3.40. The fourth-order valence-electron chi connectivity index (χ4n) is 4.99. The summed E-state index contributed by atoms with van der Waals surface area (Å²) >= 11 is 3.55. The minimum Gasteiger partial charge on any atom is -0.542 e. The summed E-state index contributed by atoms with van der Waals surface area (Å²) in [4.78, 5) is 12.7. The molecule has 1 unspecified atom stereocenters. The fourth-order valence-corrected chi connectivity index (χ4v) is 10.6. The van der Waals surface area contributed by atoms with Crippen LogP contribution in [0.15, 0.2) is 12.1 Å². The summed E-state index contributed by atoms with van der Waals surface area (Å²) < 4.78 is 13.3. The van der Waals surface area contributed by atoms with Crippen molar-refractivity contribution in [2.75, 3.05) is 0 Å². The minimum absolute atomic E-state index is 0.111. The lowest BCUT2D eigenvalue weighted by Gasteiger charge is -2.43. The van der Waals surface area contributed by atoms with Gasteiger partial charge in [-0.2, -0.15) is 0 Å². The molecule has 1 aliphatic heterocycles. The Morgan fingerprint density at radius 3 is 2.07 bits per heavy atom. The van der Waals surface area contributed by atoms with Gasteiger partial charge < -0.3 is 9.16 Å². The molecule has 0 radical (unpaired) electrons. The zero-order chi connectivity index (χ0) is 21.0. The molecule has 1 atom stereocenters. The van der Waals surface area contributed by atoms with Crippen LogP contribution in [-0.2, 0) is 0 Å². The van der Waals surface area contributed by atoms with E-state index in [-0.39, 0.29) is 10.6 Å². The van der Waals surface area contributed by atoms with Gasteiger partial charge in [-0.15, -0.1) is 0 Å². The Morgan fingerprint density at radius 1 is 1.07 bits per heavy atom. The van der Waals surface area contributed by atoms with Crippen molar-refractivity contribution >= 4 is 30.0 Å². The van der Waals surface area contributed by atoms with Crippen LogP contribution < -0.4 is 9.16 Å². The van der Waals surface area contributed by atoms with Crippen LogP contribution in [-0.4, -0.2) is 24.5 Å². The summed E-state index contributed by atoms with van der Waals surface area (Å²) in [5, 5.41) is 0. The summed E-state index contributed by atoms with van der Waals surface area (Å²) in [7, 11) is -2.08. The van der Waals surface area contributed by atoms with Crippen LogP contribution in [0.5, 0.6) is 11.5 Å². The quantitative estimate of drug-likeness (QED) is 0.327. The Labute approximate surface area is 179 Å². The van der Waals surface area contributed by atoms with Gasteiger partial charge in [0.2, 0.25) is 0 Å². The maximum Gasteiger partial charge on any atom is 0.258 e. The van der Waals surface area contributed by atoms with Crippen LogP contribution in [0.1, 0.15) is 90.1 Å². The summed E-state index contributed by atoms with van der Waals surface area (Å²) in [6, 6.07) is 4.09. The van der Waals surface area contributed by atoms with Gasteiger partial charge in [0.05, 0.1) is 5.56 Å². The van der Waals surface area contributed by atoms with Gasteiger partial charge in [0.1, 0.15) is 21.9 Å². The second-order valence-corrected chi connectivity index (χ2v) is 16.3. The molecule has 0 amide bonds. The first kappa shape index (κ1) is 21.9. The summed E-state index contributed by atoms with van der Waals surface area (Å²) in [6.07, 6.45) is 2.35. The molecule has 0 aromatic heterocycles. The van der Waals surface area contributed by atoms with Crippen molar-refractivity contribution < 1.29 is 14.0 Å². The maximum absolute atomic E-state index is 13.0. The van der Waals surface area contributed by atoms with E-state index in [0.29, 0.717) is 33.9 Å². The van der Waals surface area contributed by atoms with Crippen molar-refractivity contribution in [1.29, 1.82) is 0 Å². The van der Waals surface area contributed by atoms with Gasteiger partial charge in [0.25, 0.3) is 8.32 Å². The molecule has 156 valence electrons. The van der Waals surface area contributed by atoms with E-state index in [4.69, 9.17) is 9.16 Å². The normalized spacial score (nSPS) is 21.9. The molecule has 3 rings (SSSR count). The Morgan fingerprint density at radius 2 is 1.61 bits per heavy atom. The lowest BCUT2D eigenvalue weighted by Crippen LogP contribution is -2.51. The SMILES string of the molecule is CC(C)[Si](Oc1cc2c(cc1C1CC1)C(=O)C(Br)C(C)(C)O2)(C(C)C)C(C)C. The van der Waals surface area contributed by atoms with E-state index in [2.05, 4.69) is 63.5 Å². The Bertz CT molecular complexity index is 744. The first-order valence-corrected chi connectivity index (χ1v) is 13.7. The van der Waals surface area contributed by atoms with Crippen molar-refractivity contribution in [3.8, 4) is 11.5 Å². The Balaban J connectivity index is 2.12. The number of benzene rings is 1. The van der Waals surface area contributed by atoms with Gasteiger partial charge in [-0.25, -0.2) is 0 Å². The number of fused-ring (bicyclic) bond motifs is 1. The zero-order valence-electron chi connectivity index (χ0n) is 18.6. The first-order chi connectivity index (χ1) is 12.9. The van der Waals surface area contributed by atoms with Gasteiger partial charge in [0.15, 0.2) is 5.78 Å². The fraction of sp³-hybridized carbons (Fsp3) is 0.696. The largest absolute Gasteiger partial charge is 0.542 e. The van der Waals surface area contributed by atoms with Crippen molar-refractivity contribution in [2.45, 2.75) is 101 Å². The van der Waals surface area contributed by atoms with Crippen LogP contribution in [0.3, 0.4) is 0 Å². The van der Waals surface area contributed by atoms with E-state index in [9.17, 15) is 4.79 Å². The van der Waals surface area contributed by atoms with Crippen molar-refractivity contribution in [2.24, 2.45) is 0 Å². The van der Waals surface area contributed by atoms with Crippen molar-refractivity contribution in [3.63, 3.8) is 0 Å². The number of hydrogen-bond donors (Lipinski definition) is 0. The number of carbonyl (C=O) groups is 1. The molecule has 2 aliphatic rings. The number of hydrogen-bond acceptors (Lipinski definition) is 3. The van der Waals surface area contributed by atoms with Crippen LogP contribution in [0.2, 0.25) is 16.6 Å². The van der Waals surface area contributed by atoms with E-state index in [0.717, 1.165) is 5.75 Å². The number of alkyl halides is 1. The van der Waals surface area contributed by atoms with Gasteiger partial charge in [0, 0.05) is 6.07 Å². The number of carbonyl (C=O) groups excluding carboxylic acids is 1. The molecule has 1 aromatic rings. The summed E-state index contributed by atoms with van der Waals surface area (Å²) in [6.45, 7) is 17.7. The highest BCUT2D eigenvalue weighted by Gasteiger charge is 2.48. The molecule has 1 fully saturated rings. The number of halogens is 1. The van der Waals surface area contributed by atoms with E-state index in [1.54, 1.807) is 0 Å². The van der Waals surface area contributed by atoms with Gasteiger partial charge in [-0.05, 0) is 60.9 Å². The maximum atomic E-state index is 13.0. The molecule has 1 aromatic carbocycles. The highest BCUT2D eigenvalue weighted by Crippen LogP contribution is 2.51. The van der Waals surface area contributed by atoms with Gasteiger partial charge in [-0.3, -0.25) is 4.79 Å². The second-order valence-electron chi connectivity index (χ2n) is 10.0. The van der Waals surface area contributed by atoms with Crippen molar-refractivity contribution in [3.05, 3.63) is 23.3 Å². The molecule has 1 aliphatic carbocycles. The molecule has 1 saturated carbocycles. The van der Waals surface area contributed by atoms with Gasteiger partial charge in [-0.1, -0.05) is 57.5 Å². The number of ether oxygens (including phenoxy) is 1. The van der Waals surface area contributed by atoms with Crippen LogP contribution in [0.25, 0.3) is 0 Å². The van der Waals surface area contributed by atoms with E-state index < -0.39 is 13.9 Å². The van der Waals surface area contributed by atoms with Crippen LogP contribution in [0, 0.1) is 0 Å². The molecular weight excluding hydrogens is 432 g/mol. The third-order valence-corrected chi connectivity index (χ3v) is 14.1. The third kappa shape index (κ3) is 3.58. The molecule has 1 heterocycles. The highest BCUT2D eigenvalue weighted by atomic mass is 79.9. The smallest absolute Gasteiger partial charge is 0.258 e. The lowest BCUT2D eigenvalue weighted by atomic mass is 9.91. The predicted molar refractivity (Wildman–Crippen MR) is 122 cm³/mol. The lowest BCUT2D eigenvalue weighted by molar-refractivity contribution is 0.0667. The topological polar surface area (TPSA) is 35.5 Å². The Kier molecular flexibility index (Phi) is 5.83.